The third-order valence-corrected chi connectivity index (χ3v) is 5.59. The maximum Gasteiger partial charge on any atom is 0.237 e. The fraction of sp³-hybridized carbons (Fsp3) is 0.300. The van der Waals surface area contributed by atoms with Gasteiger partial charge in [0.1, 0.15) is 23.0 Å². The van der Waals surface area contributed by atoms with Crippen LogP contribution in [0, 0.1) is 12.7 Å². The van der Waals surface area contributed by atoms with Crippen LogP contribution in [0.15, 0.2) is 52.3 Å². The Morgan fingerprint density at radius 1 is 1.17 bits per heavy atom. The van der Waals surface area contributed by atoms with Gasteiger partial charge in [0.05, 0.1) is 17.1 Å². The molecule has 1 aliphatic heterocycles. The van der Waals surface area contributed by atoms with Gasteiger partial charge in [-0.3, -0.25) is 10.1 Å². The average Bonchev–Trinajstić information content (AvgIpc) is 3.17. The molecular weight excluding hydrogens is 407 g/mol. The first-order valence-corrected chi connectivity index (χ1v) is 10.5. The lowest BCUT2D eigenvalue weighted by atomic mass is 10.2. The van der Waals surface area contributed by atoms with Crippen LogP contribution < -0.4 is 15.1 Å². The second-order valence-electron chi connectivity index (χ2n) is 6.81. The van der Waals surface area contributed by atoms with Crippen LogP contribution in [0.25, 0.3) is 0 Å². The van der Waals surface area contributed by atoms with Crippen molar-refractivity contribution >= 4 is 35.1 Å². The number of aromatic nitrogens is 3. The number of rotatable bonds is 6. The Kier molecular flexibility index (Phi) is 6.12. The van der Waals surface area contributed by atoms with Gasteiger partial charge in [-0.2, -0.15) is 0 Å². The lowest BCUT2D eigenvalue weighted by Gasteiger charge is -2.36. The van der Waals surface area contributed by atoms with E-state index in [9.17, 15) is 9.18 Å². The molecule has 3 heterocycles. The van der Waals surface area contributed by atoms with E-state index in [2.05, 4.69) is 25.3 Å². The maximum absolute atomic E-state index is 14.0. The van der Waals surface area contributed by atoms with E-state index in [-0.39, 0.29) is 17.5 Å². The molecule has 1 aromatic carbocycles. The molecule has 0 atom stereocenters. The lowest BCUT2D eigenvalue weighted by Crippen LogP contribution is -2.47. The molecular formula is C20H21FN6O2S. The zero-order valence-electron chi connectivity index (χ0n) is 16.4. The average molecular weight is 428 g/mol. The maximum atomic E-state index is 14.0. The Morgan fingerprint density at radius 2 is 1.93 bits per heavy atom. The summed E-state index contributed by atoms with van der Waals surface area (Å²) in [5, 5.41) is 7.10. The minimum atomic E-state index is -0.203. The van der Waals surface area contributed by atoms with E-state index in [1.54, 1.807) is 25.1 Å². The number of hydrogen-bond acceptors (Lipinski definition) is 8. The van der Waals surface area contributed by atoms with E-state index >= 15 is 0 Å². The number of piperazine rings is 1. The smallest absolute Gasteiger partial charge is 0.237 e. The van der Waals surface area contributed by atoms with Crippen molar-refractivity contribution in [1.82, 2.24) is 15.1 Å². The SMILES string of the molecule is Cc1cc(NC(=O)CSc2cc(N3CCN(c4ccccc4F)CC3)ncn2)on1. The number of anilines is 3. The minimum absolute atomic E-state index is 0.192. The Morgan fingerprint density at radius 3 is 2.67 bits per heavy atom. The van der Waals surface area contributed by atoms with Crippen LogP contribution in [-0.4, -0.2) is 53.0 Å². The summed E-state index contributed by atoms with van der Waals surface area (Å²) in [5.74, 6) is 0.915. The van der Waals surface area contributed by atoms with E-state index in [1.165, 1.54) is 24.2 Å². The predicted octanol–water partition coefficient (Wildman–Crippen LogP) is 2.97. The van der Waals surface area contributed by atoms with Crippen molar-refractivity contribution in [2.24, 2.45) is 0 Å². The van der Waals surface area contributed by atoms with Crippen LogP contribution in [0.3, 0.4) is 0 Å². The van der Waals surface area contributed by atoms with Crippen molar-refractivity contribution in [2.75, 3.05) is 47.0 Å². The summed E-state index contributed by atoms with van der Waals surface area (Å²) < 4.78 is 19.0. The van der Waals surface area contributed by atoms with Gasteiger partial charge in [-0.05, 0) is 19.1 Å². The first-order valence-electron chi connectivity index (χ1n) is 9.51. The van der Waals surface area contributed by atoms with Gasteiger partial charge in [-0.25, -0.2) is 14.4 Å². The second-order valence-corrected chi connectivity index (χ2v) is 7.80. The number of benzene rings is 1. The van der Waals surface area contributed by atoms with E-state index in [0.29, 0.717) is 35.4 Å². The van der Waals surface area contributed by atoms with Gasteiger partial charge in [0.2, 0.25) is 11.8 Å². The summed E-state index contributed by atoms with van der Waals surface area (Å²) in [6.07, 6.45) is 1.50. The van der Waals surface area contributed by atoms with E-state index in [1.807, 2.05) is 17.0 Å². The van der Waals surface area contributed by atoms with Crippen LogP contribution >= 0.6 is 11.8 Å². The number of nitrogens with zero attached hydrogens (tertiary/aromatic N) is 5. The minimum Gasteiger partial charge on any atom is -0.366 e. The Hall–Kier alpha value is -3.14. The normalized spacial score (nSPS) is 14.1. The molecule has 1 fully saturated rings. The molecule has 1 aliphatic rings. The number of halogens is 1. The first kappa shape index (κ1) is 20.1. The molecule has 10 heteroatoms. The number of nitrogens with one attached hydrogen (secondary N) is 1. The lowest BCUT2D eigenvalue weighted by molar-refractivity contribution is -0.113. The number of para-hydroxylation sites is 1. The van der Waals surface area contributed by atoms with Crippen LogP contribution in [0.5, 0.6) is 0 Å². The molecule has 2 aromatic heterocycles. The fourth-order valence-electron chi connectivity index (χ4n) is 3.20. The Bertz CT molecular complexity index is 1020. The molecule has 0 spiro atoms. The van der Waals surface area contributed by atoms with Crippen molar-refractivity contribution in [2.45, 2.75) is 11.9 Å². The highest BCUT2D eigenvalue weighted by Crippen LogP contribution is 2.24. The number of thioether (sulfide) groups is 1. The Labute approximate surface area is 177 Å². The summed E-state index contributed by atoms with van der Waals surface area (Å²) in [6, 6.07) is 10.4. The van der Waals surface area contributed by atoms with Gasteiger partial charge in [0.25, 0.3) is 0 Å². The van der Waals surface area contributed by atoms with E-state index in [4.69, 9.17) is 4.52 Å². The molecule has 1 amide bonds. The van der Waals surface area contributed by atoms with Crippen LogP contribution in [0.1, 0.15) is 5.69 Å². The van der Waals surface area contributed by atoms with E-state index < -0.39 is 0 Å². The van der Waals surface area contributed by atoms with Gasteiger partial charge in [0, 0.05) is 38.3 Å². The van der Waals surface area contributed by atoms with Crippen molar-refractivity contribution < 1.29 is 13.7 Å². The highest BCUT2D eigenvalue weighted by Gasteiger charge is 2.20. The van der Waals surface area contributed by atoms with Crippen molar-refractivity contribution in [3.63, 3.8) is 0 Å². The van der Waals surface area contributed by atoms with Crippen LogP contribution in [0.2, 0.25) is 0 Å². The van der Waals surface area contributed by atoms with Gasteiger partial charge < -0.3 is 14.3 Å². The zero-order chi connectivity index (χ0) is 20.9. The number of carbonyl (C=O) groups is 1. The summed E-state index contributed by atoms with van der Waals surface area (Å²) in [4.78, 5) is 24.9. The molecule has 0 radical (unpaired) electrons. The number of hydrogen-bond donors (Lipinski definition) is 1. The molecule has 1 N–H and O–H groups in total. The molecule has 0 bridgehead atoms. The molecule has 8 nitrogen and oxygen atoms in total. The number of aryl methyl sites for hydroxylation is 1. The topological polar surface area (TPSA) is 87.4 Å². The molecule has 3 aromatic rings. The van der Waals surface area contributed by atoms with Gasteiger partial charge in [-0.1, -0.05) is 29.1 Å². The zero-order valence-corrected chi connectivity index (χ0v) is 17.2. The highest BCUT2D eigenvalue weighted by atomic mass is 32.2. The van der Waals surface area contributed by atoms with Gasteiger partial charge in [-0.15, -0.1) is 0 Å². The molecule has 30 heavy (non-hydrogen) atoms. The van der Waals surface area contributed by atoms with Crippen LogP contribution in [0.4, 0.5) is 21.8 Å². The molecule has 0 unspecified atom stereocenters. The van der Waals surface area contributed by atoms with Gasteiger partial charge in [0.15, 0.2) is 0 Å². The van der Waals surface area contributed by atoms with Crippen molar-refractivity contribution in [3.8, 4) is 0 Å². The monoisotopic (exact) mass is 428 g/mol. The van der Waals surface area contributed by atoms with Gasteiger partial charge >= 0.3 is 0 Å². The molecule has 156 valence electrons. The highest BCUT2D eigenvalue weighted by molar-refractivity contribution is 7.99. The molecule has 1 saturated heterocycles. The summed E-state index contributed by atoms with van der Waals surface area (Å²) in [7, 11) is 0. The van der Waals surface area contributed by atoms with E-state index in [0.717, 1.165) is 18.9 Å². The van der Waals surface area contributed by atoms with Crippen molar-refractivity contribution in [3.05, 3.63) is 54.2 Å². The van der Waals surface area contributed by atoms with Crippen LogP contribution in [-0.2, 0) is 4.79 Å². The molecule has 4 rings (SSSR count). The fourth-order valence-corrected chi connectivity index (χ4v) is 3.86. The third kappa shape index (κ3) is 4.88. The number of carbonyl (C=O) groups excluding carboxylic acids is 1. The first-order chi connectivity index (χ1) is 14.6. The Balaban J connectivity index is 1.31. The molecule has 0 aliphatic carbocycles. The standard InChI is InChI=1S/C20H21FN6O2S/c1-14-10-19(29-25-14)24-18(28)12-30-20-11-17(22-13-23-20)27-8-6-26(7-9-27)16-5-3-2-4-15(16)21/h2-5,10-11,13H,6-9,12H2,1H3,(H,24,28). The third-order valence-electron chi connectivity index (χ3n) is 4.67. The summed E-state index contributed by atoms with van der Waals surface area (Å²) in [6.45, 7) is 4.63. The summed E-state index contributed by atoms with van der Waals surface area (Å²) in [5.41, 5.74) is 1.33. The quantitative estimate of drug-likeness (QED) is 0.474. The second kappa shape index (κ2) is 9.12. The largest absolute Gasteiger partial charge is 0.366 e. The summed E-state index contributed by atoms with van der Waals surface area (Å²) >= 11 is 1.32. The predicted molar refractivity (Wildman–Crippen MR) is 113 cm³/mol. The number of amides is 1. The van der Waals surface area contributed by atoms with Crippen molar-refractivity contribution in [1.29, 1.82) is 0 Å². The molecule has 0 saturated carbocycles.